The van der Waals surface area contributed by atoms with E-state index in [-0.39, 0.29) is 10.6 Å². The molecule has 26 heavy (non-hydrogen) atoms. The lowest BCUT2D eigenvalue weighted by Crippen LogP contribution is -2.45. The van der Waals surface area contributed by atoms with Crippen molar-refractivity contribution in [3.05, 3.63) is 52.3 Å². The maximum absolute atomic E-state index is 11.8. The summed E-state index contributed by atoms with van der Waals surface area (Å²) < 4.78 is 0. The molecule has 1 aromatic heterocycles. The topological polar surface area (TPSA) is 78.6 Å². The number of nitrogens with zero attached hydrogens (tertiary/aromatic N) is 6. The molecule has 0 unspecified atom stereocenters. The van der Waals surface area contributed by atoms with Gasteiger partial charge in [-0.1, -0.05) is 30.3 Å². The molecule has 1 aliphatic rings. The Morgan fingerprint density at radius 3 is 2.50 bits per heavy atom. The van der Waals surface area contributed by atoms with Gasteiger partial charge in [-0.3, -0.25) is 10.1 Å². The first-order valence-corrected chi connectivity index (χ1v) is 8.74. The number of piperazine rings is 1. The highest BCUT2D eigenvalue weighted by molar-refractivity contribution is 5.71. The average molecular weight is 356 g/mol. The molecule has 1 fully saturated rings. The van der Waals surface area contributed by atoms with Crippen molar-refractivity contribution in [2.24, 2.45) is 0 Å². The Labute approximate surface area is 153 Å². The maximum Gasteiger partial charge on any atom is 0.353 e. The summed E-state index contributed by atoms with van der Waals surface area (Å²) in [5.41, 5.74) is 1.18. The van der Waals surface area contributed by atoms with E-state index in [4.69, 9.17) is 0 Å². The molecule has 3 rings (SSSR count). The summed E-state index contributed by atoms with van der Waals surface area (Å²) in [6.07, 6.45) is 2.22. The third-order valence-corrected chi connectivity index (χ3v) is 4.71. The zero-order valence-corrected chi connectivity index (χ0v) is 15.2. The van der Waals surface area contributed by atoms with Gasteiger partial charge in [0.2, 0.25) is 11.6 Å². The van der Waals surface area contributed by atoms with E-state index in [1.165, 1.54) is 11.9 Å². The zero-order valence-electron chi connectivity index (χ0n) is 15.2. The zero-order chi connectivity index (χ0) is 18.5. The number of nitro groups is 1. The van der Waals surface area contributed by atoms with E-state index in [0.29, 0.717) is 18.2 Å². The SMILES string of the molecule is CN1CCN(c2ncnc(N(C)CCc3ccccc3)c2[N+](=O)[O-])CC1. The highest BCUT2D eigenvalue weighted by Crippen LogP contribution is 2.34. The van der Waals surface area contributed by atoms with Crippen molar-refractivity contribution in [3.63, 3.8) is 0 Å². The molecule has 0 bridgehead atoms. The Morgan fingerprint density at radius 1 is 1.15 bits per heavy atom. The van der Waals surface area contributed by atoms with Gasteiger partial charge in [-0.05, 0) is 19.0 Å². The minimum absolute atomic E-state index is 0.00684. The lowest BCUT2D eigenvalue weighted by Gasteiger charge is -2.33. The van der Waals surface area contributed by atoms with Crippen LogP contribution in [-0.4, -0.2) is 66.6 Å². The monoisotopic (exact) mass is 356 g/mol. The fraction of sp³-hybridized carbons (Fsp3) is 0.444. The Morgan fingerprint density at radius 2 is 1.85 bits per heavy atom. The second kappa shape index (κ2) is 8.09. The second-order valence-corrected chi connectivity index (χ2v) is 6.57. The predicted octanol–water partition coefficient (Wildman–Crippen LogP) is 1.82. The minimum atomic E-state index is -0.359. The number of hydrogen-bond acceptors (Lipinski definition) is 7. The van der Waals surface area contributed by atoms with Crippen molar-refractivity contribution >= 4 is 17.3 Å². The molecule has 0 atom stereocenters. The lowest BCUT2D eigenvalue weighted by atomic mass is 10.1. The van der Waals surface area contributed by atoms with Crippen molar-refractivity contribution in [3.8, 4) is 0 Å². The summed E-state index contributed by atoms with van der Waals surface area (Å²) in [4.78, 5) is 25.9. The third kappa shape index (κ3) is 4.08. The Hall–Kier alpha value is -2.74. The summed E-state index contributed by atoms with van der Waals surface area (Å²) in [5, 5.41) is 11.8. The molecular formula is C18H24N6O2. The van der Waals surface area contributed by atoms with Gasteiger partial charge in [-0.25, -0.2) is 9.97 Å². The molecule has 2 heterocycles. The van der Waals surface area contributed by atoms with E-state index < -0.39 is 0 Å². The fourth-order valence-electron chi connectivity index (χ4n) is 3.10. The molecule has 1 aromatic carbocycles. The van der Waals surface area contributed by atoms with Crippen LogP contribution in [0.25, 0.3) is 0 Å². The third-order valence-electron chi connectivity index (χ3n) is 4.71. The van der Waals surface area contributed by atoms with Gasteiger partial charge in [0.15, 0.2) is 0 Å². The summed E-state index contributed by atoms with van der Waals surface area (Å²) in [7, 11) is 3.89. The Kier molecular flexibility index (Phi) is 5.62. The van der Waals surface area contributed by atoms with E-state index in [1.807, 2.05) is 35.0 Å². The van der Waals surface area contributed by atoms with Crippen molar-refractivity contribution in [2.75, 3.05) is 56.6 Å². The second-order valence-electron chi connectivity index (χ2n) is 6.57. The molecule has 0 radical (unpaired) electrons. The van der Waals surface area contributed by atoms with Gasteiger partial charge < -0.3 is 14.7 Å². The van der Waals surface area contributed by atoms with Gasteiger partial charge in [0, 0.05) is 39.8 Å². The first kappa shape index (κ1) is 18.1. The van der Waals surface area contributed by atoms with Crippen LogP contribution in [0.15, 0.2) is 36.7 Å². The Balaban J connectivity index is 1.82. The van der Waals surface area contributed by atoms with E-state index in [2.05, 4.69) is 34.0 Å². The molecule has 0 amide bonds. The summed E-state index contributed by atoms with van der Waals surface area (Å²) in [6, 6.07) is 10.1. The molecule has 0 spiro atoms. The molecule has 0 saturated carbocycles. The van der Waals surface area contributed by atoms with E-state index in [0.717, 1.165) is 32.6 Å². The molecule has 8 heteroatoms. The molecule has 1 saturated heterocycles. The number of likely N-dealkylation sites (N-methyl/N-ethyl adjacent to an activating group) is 2. The van der Waals surface area contributed by atoms with Gasteiger partial charge in [0.25, 0.3) is 0 Å². The number of anilines is 2. The summed E-state index contributed by atoms with van der Waals surface area (Å²) in [6.45, 7) is 3.81. The number of benzene rings is 1. The van der Waals surface area contributed by atoms with Gasteiger partial charge >= 0.3 is 5.69 Å². The van der Waals surface area contributed by atoms with Crippen LogP contribution in [0.2, 0.25) is 0 Å². The normalized spacial score (nSPS) is 15.1. The van der Waals surface area contributed by atoms with Crippen molar-refractivity contribution < 1.29 is 4.92 Å². The van der Waals surface area contributed by atoms with E-state index >= 15 is 0 Å². The van der Waals surface area contributed by atoms with Gasteiger partial charge in [-0.2, -0.15) is 0 Å². The molecule has 0 N–H and O–H groups in total. The fourth-order valence-corrected chi connectivity index (χ4v) is 3.10. The van der Waals surface area contributed by atoms with Crippen LogP contribution >= 0.6 is 0 Å². The van der Waals surface area contributed by atoms with Crippen LogP contribution in [0.1, 0.15) is 5.56 Å². The van der Waals surface area contributed by atoms with Crippen LogP contribution < -0.4 is 9.80 Å². The highest BCUT2D eigenvalue weighted by atomic mass is 16.6. The molecule has 1 aliphatic heterocycles. The van der Waals surface area contributed by atoms with Crippen molar-refractivity contribution in [1.82, 2.24) is 14.9 Å². The lowest BCUT2D eigenvalue weighted by molar-refractivity contribution is -0.383. The number of hydrogen-bond donors (Lipinski definition) is 0. The highest BCUT2D eigenvalue weighted by Gasteiger charge is 2.30. The predicted molar refractivity (Wildman–Crippen MR) is 102 cm³/mol. The quantitative estimate of drug-likeness (QED) is 0.577. The van der Waals surface area contributed by atoms with Gasteiger partial charge in [-0.15, -0.1) is 0 Å². The van der Waals surface area contributed by atoms with E-state index in [9.17, 15) is 10.1 Å². The van der Waals surface area contributed by atoms with Crippen molar-refractivity contribution in [1.29, 1.82) is 0 Å². The minimum Gasteiger partial charge on any atom is -0.353 e. The average Bonchev–Trinajstić information content (AvgIpc) is 2.67. The molecule has 2 aromatic rings. The largest absolute Gasteiger partial charge is 0.353 e. The van der Waals surface area contributed by atoms with Crippen LogP contribution in [0.4, 0.5) is 17.3 Å². The summed E-state index contributed by atoms with van der Waals surface area (Å²) >= 11 is 0. The van der Waals surface area contributed by atoms with Crippen molar-refractivity contribution in [2.45, 2.75) is 6.42 Å². The van der Waals surface area contributed by atoms with Gasteiger partial charge in [0.1, 0.15) is 6.33 Å². The standard InChI is InChI=1S/C18H24N6O2/c1-21-10-12-23(13-11-21)18-16(24(25)26)17(19-14-20-18)22(2)9-8-15-6-4-3-5-7-15/h3-7,14H,8-13H2,1-2H3. The number of rotatable bonds is 6. The molecular weight excluding hydrogens is 332 g/mol. The van der Waals surface area contributed by atoms with Gasteiger partial charge in [0.05, 0.1) is 4.92 Å². The van der Waals surface area contributed by atoms with Crippen LogP contribution in [0.5, 0.6) is 0 Å². The first-order valence-electron chi connectivity index (χ1n) is 8.74. The van der Waals surface area contributed by atoms with E-state index in [1.54, 1.807) is 0 Å². The van der Waals surface area contributed by atoms with Crippen LogP contribution in [0.3, 0.4) is 0 Å². The summed E-state index contributed by atoms with van der Waals surface area (Å²) in [5.74, 6) is 0.787. The number of aromatic nitrogens is 2. The maximum atomic E-state index is 11.8. The Bertz CT molecular complexity index is 747. The molecule has 8 nitrogen and oxygen atoms in total. The van der Waals surface area contributed by atoms with Crippen LogP contribution in [-0.2, 0) is 6.42 Å². The molecule has 0 aliphatic carbocycles. The molecule has 138 valence electrons. The first-order chi connectivity index (χ1) is 12.6. The van der Waals surface area contributed by atoms with Crippen LogP contribution in [0, 0.1) is 10.1 Å². The smallest absolute Gasteiger partial charge is 0.353 e.